The van der Waals surface area contributed by atoms with Gasteiger partial charge in [-0.15, -0.1) is 34.2 Å². The van der Waals surface area contributed by atoms with Crippen molar-refractivity contribution < 1.29 is 4.74 Å². The molecule has 0 aromatic carbocycles. The second-order valence-electron chi connectivity index (χ2n) is 5.93. The van der Waals surface area contributed by atoms with Crippen LogP contribution in [0.1, 0.15) is 51.7 Å². The van der Waals surface area contributed by atoms with Crippen molar-refractivity contribution in [2.24, 2.45) is 18.0 Å². The minimum absolute atomic E-state index is 0. The summed E-state index contributed by atoms with van der Waals surface area (Å²) in [5.74, 6) is 3.26. The molecule has 7 nitrogen and oxygen atoms in total. The summed E-state index contributed by atoms with van der Waals surface area (Å²) in [6, 6.07) is 0. The zero-order valence-corrected chi connectivity index (χ0v) is 18.7. The Bertz CT molecular complexity index is 487. The zero-order valence-electron chi connectivity index (χ0n) is 16.3. The number of nitrogens with one attached hydrogen (secondary N) is 2. The zero-order chi connectivity index (χ0) is 17.8. The van der Waals surface area contributed by atoms with Crippen molar-refractivity contribution in [3.63, 3.8) is 0 Å². The molecule has 25 heavy (non-hydrogen) atoms. The lowest BCUT2D eigenvalue weighted by Crippen LogP contribution is -2.40. The normalized spacial score (nSPS) is 11.5. The van der Waals surface area contributed by atoms with Gasteiger partial charge in [-0.25, -0.2) is 4.99 Å². The lowest BCUT2D eigenvalue weighted by atomic mass is 10.0. The van der Waals surface area contributed by atoms with Crippen LogP contribution in [0.3, 0.4) is 0 Å². The van der Waals surface area contributed by atoms with Crippen molar-refractivity contribution >= 4 is 29.9 Å². The summed E-state index contributed by atoms with van der Waals surface area (Å²) in [6.07, 6.45) is 3.30. The third-order valence-electron chi connectivity index (χ3n) is 4.24. The average molecular weight is 466 g/mol. The number of aromatic nitrogens is 3. The largest absolute Gasteiger partial charge is 0.382 e. The van der Waals surface area contributed by atoms with Gasteiger partial charge < -0.3 is 19.9 Å². The molecule has 0 spiro atoms. The minimum Gasteiger partial charge on any atom is -0.382 e. The van der Waals surface area contributed by atoms with E-state index in [-0.39, 0.29) is 24.0 Å². The van der Waals surface area contributed by atoms with Gasteiger partial charge in [0.2, 0.25) is 0 Å². The van der Waals surface area contributed by atoms with Gasteiger partial charge in [0.15, 0.2) is 11.8 Å². The van der Waals surface area contributed by atoms with Crippen LogP contribution >= 0.6 is 24.0 Å². The van der Waals surface area contributed by atoms with E-state index in [9.17, 15) is 0 Å². The number of halogens is 1. The molecule has 0 fully saturated rings. The Balaban J connectivity index is 0.00000576. The van der Waals surface area contributed by atoms with Crippen LogP contribution in [0.2, 0.25) is 0 Å². The first-order valence-electron chi connectivity index (χ1n) is 9.07. The summed E-state index contributed by atoms with van der Waals surface area (Å²) in [5.41, 5.74) is 0. The Kier molecular flexibility index (Phi) is 13.8. The summed E-state index contributed by atoms with van der Waals surface area (Å²) in [7, 11) is 1.97. The molecule has 0 aliphatic carbocycles. The van der Waals surface area contributed by atoms with E-state index in [0.29, 0.717) is 12.5 Å². The predicted molar refractivity (Wildman–Crippen MR) is 113 cm³/mol. The van der Waals surface area contributed by atoms with E-state index in [2.05, 4.69) is 39.7 Å². The fraction of sp³-hybridized carbons (Fsp3) is 0.824. The fourth-order valence-electron chi connectivity index (χ4n) is 2.26. The summed E-state index contributed by atoms with van der Waals surface area (Å²) >= 11 is 0. The Morgan fingerprint density at radius 1 is 1.20 bits per heavy atom. The number of aliphatic imine (C=N–C) groups is 1. The van der Waals surface area contributed by atoms with Crippen LogP contribution in [0.25, 0.3) is 0 Å². The van der Waals surface area contributed by atoms with Gasteiger partial charge in [-0.1, -0.05) is 26.7 Å². The SMILES string of the molecule is CCOCCCNC(=NCc1nnc(C)n1C)NCC(CC)CC.I. The molecule has 2 N–H and O–H groups in total. The molecule has 0 saturated heterocycles. The summed E-state index contributed by atoms with van der Waals surface area (Å²) in [6.45, 7) is 12.2. The van der Waals surface area contributed by atoms with Gasteiger partial charge in [0.05, 0.1) is 0 Å². The van der Waals surface area contributed by atoms with Gasteiger partial charge in [0.25, 0.3) is 0 Å². The van der Waals surface area contributed by atoms with Crippen molar-refractivity contribution in [3.05, 3.63) is 11.6 Å². The van der Waals surface area contributed by atoms with Crippen molar-refractivity contribution in [1.82, 2.24) is 25.4 Å². The maximum Gasteiger partial charge on any atom is 0.191 e. The first-order valence-corrected chi connectivity index (χ1v) is 9.07. The summed E-state index contributed by atoms with van der Waals surface area (Å²) < 4.78 is 7.34. The van der Waals surface area contributed by atoms with E-state index in [1.807, 2.05) is 25.5 Å². The molecule has 0 atom stereocenters. The number of hydrogen-bond acceptors (Lipinski definition) is 4. The second-order valence-corrected chi connectivity index (χ2v) is 5.93. The molecule has 146 valence electrons. The molecular weight excluding hydrogens is 431 g/mol. The van der Waals surface area contributed by atoms with E-state index in [1.54, 1.807) is 0 Å². The third kappa shape index (κ3) is 9.39. The van der Waals surface area contributed by atoms with Crippen molar-refractivity contribution in [2.75, 3.05) is 26.3 Å². The summed E-state index contributed by atoms with van der Waals surface area (Å²) in [5, 5.41) is 15.1. The summed E-state index contributed by atoms with van der Waals surface area (Å²) in [4.78, 5) is 4.66. The maximum atomic E-state index is 5.37. The van der Waals surface area contributed by atoms with Crippen LogP contribution in [-0.2, 0) is 18.3 Å². The van der Waals surface area contributed by atoms with E-state index in [0.717, 1.165) is 50.3 Å². The monoisotopic (exact) mass is 466 g/mol. The second kappa shape index (κ2) is 14.3. The third-order valence-corrected chi connectivity index (χ3v) is 4.24. The quantitative estimate of drug-likeness (QED) is 0.227. The van der Waals surface area contributed by atoms with Crippen LogP contribution < -0.4 is 10.6 Å². The highest BCUT2D eigenvalue weighted by molar-refractivity contribution is 14.0. The molecule has 1 aromatic rings. The number of ether oxygens (including phenoxy) is 1. The van der Waals surface area contributed by atoms with Crippen LogP contribution in [0.15, 0.2) is 4.99 Å². The molecule has 0 bridgehead atoms. The Morgan fingerprint density at radius 3 is 2.48 bits per heavy atom. The number of guanidine groups is 1. The molecular formula is C17H35IN6O. The van der Waals surface area contributed by atoms with Gasteiger partial charge in [0.1, 0.15) is 12.4 Å². The van der Waals surface area contributed by atoms with Crippen molar-refractivity contribution in [1.29, 1.82) is 0 Å². The topological polar surface area (TPSA) is 76.4 Å². The highest BCUT2D eigenvalue weighted by Crippen LogP contribution is 2.05. The molecule has 0 amide bonds. The van der Waals surface area contributed by atoms with Crippen molar-refractivity contribution in [3.8, 4) is 0 Å². The molecule has 0 aliphatic heterocycles. The highest BCUT2D eigenvalue weighted by atomic mass is 127. The molecule has 1 aromatic heterocycles. The molecule has 0 saturated carbocycles. The molecule has 0 unspecified atom stereocenters. The smallest absolute Gasteiger partial charge is 0.191 e. The number of aryl methyl sites for hydroxylation is 1. The Hall–Kier alpha value is -0.900. The maximum absolute atomic E-state index is 5.37. The first-order chi connectivity index (χ1) is 11.6. The average Bonchev–Trinajstić information content (AvgIpc) is 2.91. The van der Waals surface area contributed by atoms with Crippen LogP contribution in [-0.4, -0.2) is 47.0 Å². The van der Waals surface area contributed by atoms with E-state index >= 15 is 0 Å². The van der Waals surface area contributed by atoms with Crippen LogP contribution in [0.4, 0.5) is 0 Å². The Labute approximate surface area is 169 Å². The molecule has 0 aliphatic rings. The van der Waals surface area contributed by atoms with Crippen molar-refractivity contribution in [2.45, 2.75) is 53.5 Å². The van der Waals surface area contributed by atoms with E-state index in [1.165, 1.54) is 12.8 Å². The predicted octanol–water partition coefficient (Wildman–Crippen LogP) is 2.64. The highest BCUT2D eigenvalue weighted by Gasteiger charge is 2.07. The van der Waals surface area contributed by atoms with Gasteiger partial charge >= 0.3 is 0 Å². The number of hydrogen-bond donors (Lipinski definition) is 2. The fourth-order valence-corrected chi connectivity index (χ4v) is 2.26. The van der Waals surface area contributed by atoms with Gasteiger partial charge in [-0.3, -0.25) is 0 Å². The van der Waals surface area contributed by atoms with E-state index in [4.69, 9.17) is 4.74 Å². The lowest BCUT2D eigenvalue weighted by Gasteiger charge is -2.17. The standard InChI is InChI=1S/C17H34N6O.HI/c1-6-15(7-2)12-19-17(18-10-9-11-24-8-3)20-13-16-22-21-14(4)23(16)5;/h15H,6-13H2,1-5H3,(H2,18,19,20);1H. The Morgan fingerprint density at radius 2 is 1.92 bits per heavy atom. The van der Waals surface area contributed by atoms with Crippen LogP contribution in [0.5, 0.6) is 0 Å². The molecule has 1 rings (SSSR count). The van der Waals surface area contributed by atoms with E-state index < -0.39 is 0 Å². The van der Waals surface area contributed by atoms with Gasteiger partial charge in [-0.05, 0) is 26.2 Å². The molecule has 1 heterocycles. The van der Waals surface area contributed by atoms with Gasteiger partial charge in [-0.2, -0.15) is 0 Å². The van der Waals surface area contributed by atoms with Gasteiger partial charge in [0, 0.05) is 33.4 Å². The first kappa shape index (κ1) is 24.1. The van der Waals surface area contributed by atoms with Crippen LogP contribution in [0, 0.1) is 12.8 Å². The lowest BCUT2D eigenvalue weighted by molar-refractivity contribution is 0.145. The molecule has 0 radical (unpaired) electrons. The number of nitrogens with zero attached hydrogens (tertiary/aromatic N) is 4. The number of rotatable bonds is 11. The minimum atomic E-state index is 0. The molecule has 8 heteroatoms.